The summed E-state index contributed by atoms with van der Waals surface area (Å²) in [6.45, 7) is 6.18. The first-order valence-electron chi connectivity index (χ1n) is 3.25. The number of nitrogens with two attached hydrogens (primary N) is 1. The van der Waals surface area contributed by atoms with E-state index in [0.29, 0.717) is 0 Å². The van der Waals surface area contributed by atoms with Crippen molar-refractivity contribution >= 4 is 8.24 Å². The van der Waals surface area contributed by atoms with Crippen LogP contribution in [0.25, 0.3) is 0 Å². The summed E-state index contributed by atoms with van der Waals surface area (Å²) in [7, 11) is -1.30. The van der Waals surface area contributed by atoms with Gasteiger partial charge in [-0.2, -0.15) is 0 Å². The van der Waals surface area contributed by atoms with Crippen LogP contribution in [0.4, 0.5) is 0 Å². The van der Waals surface area contributed by atoms with Crippen LogP contribution in [0.5, 0.6) is 0 Å². The van der Waals surface area contributed by atoms with Gasteiger partial charge in [0.2, 0.25) is 0 Å². The quantitative estimate of drug-likeness (QED) is 0.458. The van der Waals surface area contributed by atoms with E-state index in [9.17, 15) is 0 Å². The van der Waals surface area contributed by atoms with Gasteiger partial charge in [0, 0.05) is 6.42 Å². The lowest BCUT2D eigenvalue weighted by Gasteiger charge is -2.11. The highest BCUT2D eigenvalue weighted by atomic mass is 28.3. The molecule has 0 aromatic heterocycles. The highest BCUT2D eigenvalue weighted by Crippen LogP contribution is 2.02. The van der Waals surface area contributed by atoms with Crippen molar-refractivity contribution < 1.29 is 0 Å². The largest absolute Gasteiger partial charge is 0.351 e. The number of rotatable bonds is 2. The molecule has 0 aliphatic carbocycles. The van der Waals surface area contributed by atoms with Gasteiger partial charge in [0.25, 0.3) is 0 Å². The minimum atomic E-state index is -1.30. The summed E-state index contributed by atoms with van der Waals surface area (Å²) in [5.41, 5.74) is 0. The van der Waals surface area contributed by atoms with Gasteiger partial charge in [0.05, 0.1) is 0 Å². The van der Waals surface area contributed by atoms with Gasteiger partial charge in [-0.25, -0.2) is 0 Å². The summed E-state index contributed by atoms with van der Waals surface area (Å²) in [6, 6.07) is 1.12. The van der Waals surface area contributed by atoms with E-state index in [1.807, 2.05) is 6.92 Å². The summed E-state index contributed by atoms with van der Waals surface area (Å²) < 4.78 is 0. The van der Waals surface area contributed by atoms with Crippen molar-refractivity contribution in [1.29, 1.82) is 0 Å². The maximum atomic E-state index is 5.85. The molecule has 0 saturated carbocycles. The molecule has 0 aromatic rings. The van der Waals surface area contributed by atoms with Gasteiger partial charge < -0.3 is 5.40 Å². The summed E-state index contributed by atoms with van der Waals surface area (Å²) >= 11 is 0. The third-order valence-electron chi connectivity index (χ3n) is 1.07. The molecule has 0 radical (unpaired) electrons. The molecule has 0 aliphatic rings. The molecule has 0 unspecified atom stereocenters. The van der Waals surface area contributed by atoms with Crippen molar-refractivity contribution in [3.63, 3.8) is 0 Å². The highest BCUT2D eigenvalue weighted by molar-refractivity contribution is 6.74. The van der Waals surface area contributed by atoms with Gasteiger partial charge >= 0.3 is 0 Å². The molecule has 0 atom stereocenters. The molecule has 0 rings (SSSR count). The van der Waals surface area contributed by atoms with Crippen LogP contribution >= 0.6 is 0 Å². The third kappa shape index (κ3) is 7.74. The Labute approximate surface area is 58.7 Å². The summed E-state index contributed by atoms with van der Waals surface area (Å²) in [5, 5.41) is 5.85. The second-order valence-electron chi connectivity index (χ2n) is 2.92. The first-order valence-corrected chi connectivity index (χ1v) is 6.53. The average Bonchev–Trinajstić information content (AvgIpc) is 1.63. The molecular weight excluding hydrogens is 126 g/mol. The van der Waals surface area contributed by atoms with Crippen LogP contribution in [0, 0.1) is 11.8 Å². The van der Waals surface area contributed by atoms with Gasteiger partial charge in [0.15, 0.2) is 0 Å². The Morgan fingerprint density at radius 3 is 2.33 bits per heavy atom. The zero-order valence-electron chi connectivity index (χ0n) is 6.49. The average molecular weight is 141 g/mol. The van der Waals surface area contributed by atoms with E-state index in [2.05, 4.69) is 24.9 Å². The monoisotopic (exact) mass is 141 g/mol. The van der Waals surface area contributed by atoms with Crippen molar-refractivity contribution in [3.8, 4) is 11.8 Å². The minimum Gasteiger partial charge on any atom is -0.351 e. The third-order valence-corrected chi connectivity index (χ3v) is 2.61. The van der Waals surface area contributed by atoms with Gasteiger partial charge in [-0.3, -0.25) is 0 Å². The Morgan fingerprint density at radius 2 is 2.00 bits per heavy atom. The van der Waals surface area contributed by atoms with Crippen LogP contribution in [0.1, 0.15) is 13.3 Å². The van der Waals surface area contributed by atoms with Crippen molar-refractivity contribution in [3.05, 3.63) is 0 Å². The highest BCUT2D eigenvalue weighted by Gasteiger charge is 2.11. The Morgan fingerprint density at radius 1 is 1.44 bits per heavy atom. The predicted octanol–water partition coefficient (Wildman–Crippen LogP) is 1.56. The van der Waals surface area contributed by atoms with Crippen LogP contribution < -0.4 is 5.40 Å². The molecule has 1 nitrogen and oxygen atoms in total. The fourth-order valence-electron chi connectivity index (χ4n) is 0.510. The molecule has 0 aromatic carbocycles. The zero-order chi connectivity index (χ0) is 7.33. The summed E-state index contributed by atoms with van der Waals surface area (Å²) in [5.74, 6) is 5.87. The molecule has 0 bridgehead atoms. The minimum absolute atomic E-state index is 0.978. The smallest absolute Gasteiger partial charge is 0.117 e. The summed E-state index contributed by atoms with van der Waals surface area (Å²) in [4.78, 5) is 0. The molecule has 0 aliphatic heterocycles. The molecule has 0 amide bonds. The van der Waals surface area contributed by atoms with E-state index < -0.39 is 8.24 Å². The first-order chi connectivity index (χ1) is 4.06. The van der Waals surface area contributed by atoms with E-state index in [-0.39, 0.29) is 0 Å². The fourth-order valence-corrected chi connectivity index (χ4v) is 1.28. The van der Waals surface area contributed by atoms with Crippen molar-refractivity contribution in [2.24, 2.45) is 5.40 Å². The Hall–Kier alpha value is -0.263. The lowest BCUT2D eigenvalue weighted by atomic mass is 10.5. The van der Waals surface area contributed by atoms with Gasteiger partial charge in [-0.05, 0) is 13.0 Å². The predicted molar refractivity (Wildman–Crippen MR) is 44.5 cm³/mol. The molecule has 0 fully saturated rings. The molecule has 0 saturated heterocycles. The molecule has 2 N–H and O–H groups in total. The van der Waals surface area contributed by atoms with Gasteiger partial charge in [-0.15, -0.1) is 11.8 Å². The molecule has 0 heterocycles. The standard InChI is InChI=1S/C7H15NSi/c1-4-5-6-7-9(2,3)8/h6-8H2,1-3H3. The van der Waals surface area contributed by atoms with Crippen LogP contribution in [0.15, 0.2) is 0 Å². The topological polar surface area (TPSA) is 26.0 Å². The molecule has 52 valence electrons. The van der Waals surface area contributed by atoms with E-state index >= 15 is 0 Å². The number of hydrogen-bond donors (Lipinski definition) is 1. The lowest BCUT2D eigenvalue weighted by molar-refractivity contribution is 1.18. The molecule has 9 heavy (non-hydrogen) atoms. The molecule has 2 heteroatoms. The zero-order valence-corrected chi connectivity index (χ0v) is 7.49. The van der Waals surface area contributed by atoms with Crippen LogP contribution in [-0.2, 0) is 0 Å². The van der Waals surface area contributed by atoms with Crippen LogP contribution in [0.2, 0.25) is 19.1 Å². The molecule has 0 spiro atoms. The van der Waals surface area contributed by atoms with Gasteiger partial charge in [-0.1, -0.05) is 13.1 Å². The van der Waals surface area contributed by atoms with E-state index in [0.717, 1.165) is 12.5 Å². The SMILES string of the molecule is CC#CCC[Si](C)(C)N. The fraction of sp³-hybridized carbons (Fsp3) is 0.714. The van der Waals surface area contributed by atoms with Crippen LogP contribution in [0.3, 0.4) is 0 Å². The second kappa shape index (κ2) is 3.70. The van der Waals surface area contributed by atoms with Crippen molar-refractivity contribution in [1.82, 2.24) is 0 Å². The van der Waals surface area contributed by atoms with Gasteiger partial charge in [0.1, 0.15) is 8.24 Å². The van der Waals surface area contributed by atoms with E-state index in [1.165, 1.54) is 0 Å². The van der Waals surface area contributed by atoms with E-state index in [1.54, 1.807) is 0 Å². The lowest BCUT2D eigenvalue weighted by Crippen LogP contribution is -2.37. The molecular formula is C7H15NSi. The number of hydrogen-bond acceptors (Lipinski definition) is 1. The van der Waals surface area contributed by atoms with Crippen molar-refractivity contribution in [2.75, 3.05) is 0 Å². The Kier molecular flexibility index (Phi) is 3.60. The second-order valence-corrected chi connectivity index (χ2v) is 7.39. The summed E-state index contributed by atoms with van der Waals surface area (Å²) in [6.07, 6.45) is 0.978. The van der Waals surface area contributed by atoms with E-state index in [4.69, 9.17) is 5.40 Å². The van der Waals surface area contributed by atoms with Crippen molar-refractivity contribution in [2.45, 2.75) is 32.5 Å². The Balaban J connectivity index is 3.36. The Bertz CT molecular complexity index is 124. The van der Waals surface area contributed by atoms with Crippen LogP contribution in [-0.4, -0.2) is 8.24 Å². The normalized spacial score (nSPS) is 10.2. The maximum absolute atomic E-state index is 5.85. The first kappa shape index (κ1) is 8.74. The maximum Gasteiger partial charge on any atom is 0.117 e.